The van der Waals surface area contributed by atoms with Gasteiger partial charge in [0.2, 0.25) is 5.91 Å². The van der Waals surface area contributed by atoms with E-state index >= 15 is 0 Å². The standard InChI is InChI=1S/C18H19FN6O/c1-13-20-16-6-7-17(22-25(16)21-13)23-8-10-24(11-9-23)18(26)12-14-4-2-3-5-15(14)19/h2-7H,8-12H2,1H3. The van der Waals surface area contributed by atoms with Gasteiger partial charge in [-0.25, -0.2) is 9.37 Å². The largest absolute Gasteiger partial charge is 0.352 e. The minimum atomic E-state index is -0.333. The number of hydrogen-bond donors (Lipinski definition) is 0. The van der Waals surface area contributed by atoms with Gasteiger partial charge in [0.1, 0.15) is 11.6 Å². The van der Waals surface area contributed by atoms with Gasteiger partial charge in [-0.3, -0.25) is 4.79 Å². The average molecular weight is 354 g/mol. The zero-order chi connectivity index (χ0) is 18.1. The number of piperazine rings is 1. The molecule has 0 N–H and O–H groups in total. The Morgan fingerprint density at radius 3 is 2.62 bits per heavy atom. The number of carbonyl (C=O) groups is 1. The van der Waals surface area contributed by atoms with Crippen LogP contribution in [0.4, 0.5) is 10.2 Å². The van der Waals surface area contributed by atoms with Crippen molar-refractivity contribution in [3.05, 3.63) is 53.6 Å². The molecule has 1 aliphatic heterocycles. The van der Waals surface area contributed by atoms with E-state index in [-0.39, 0.29) is 18.1 Å². The molecule has 0 unspecified atom stereocenters. The molecule has 0 aliphatic carbocycles. The van der Waals surface area contributed by atoms with E-state index in [1.54, 1.807) is 23.1 Å². The first-order valence-corrected chi connectivity index (χ1v) is 8.57. The van der Waals surface area contributed by atoms with Gasteiger partial charge in [0, 0.05) is 26.2 Å². The molecule has 4 rings (SSSR count). The third kappa shape index (κ3) is 3.22. The van der Waals surface area contributed by atoms with Gasteiger partial charge in [-0.2, -0.15) is 0 Å². The first-order chi connectivity index (χ1) is 12.6. The maximum atomic E-state index is 13.7. The topological polar surface area (TPSA) is 66.6 Å². The average Bonchev–Trinajstić information content (AvgIpc) is 3.03. The lowest BCUT2D eigenvalue weighted by molar-refractivity contribution is -0.130. The molecule has 26 heavy (non-hydrogen) atoms. The van der Waals surface area contributed by atoms with Crippen molar-refractivity contribution in [1.82, 2.24) is 24.7 Å². The number of benzene rings is 1. The van der Waals surface area contributed by atoms with Crippen molar-refractivity contribution in [1.29, 1.82) is 0 Å². The second kappa shape index (κ2) is 6.70. The number of aromatic nitrogens is 4. The van der Waals surface area contributed by atoms with Crippen molar-refractivity contribution in [3.63, 3.8) is 0 Å². The van der Waals surface area contributed by atoms with Gasteiger partial charge in [0.05, 0.1) is 6.42 Å². The number of anilines is 1. The smallest absolute Gasteiger partial charge is 0.227 e. The monoisotopic (exact) mass is 354 g/mol. The van der Waals surface area contributed by atoms with Crippen molar-refractivity contribution in [2.75, 3.05) is 31.1 Å². The molecule has 1 amide bonds. The van der Waals surface area contributed by atoms with Gasteiger partial charge in [-0.05, 0) is 30.7 Å². The fourth-order valence-electron chi connectivity index (χ4n) is 3.15. The molecule has 7 nitrogen and oxygen atoms in total. The molecule has 1 saturated heterocycles. The van der Waals surface area contributed by atoms with E-state index in [4.69, 9.17) is 0 Å². The summed E-state index contributed by atoms with van der Waals surface area (Å²) in [5.74, 6) is 1.10. The van der Waals surface area contributed by atoms with E-state index in [1.807, 2.05) is 19.1 Å². The number of fused-ring (bicyclic) bond motifs is 1. The first-order valence-electron chi connectivity index (χ1n) is 8.57. The van der Waals surface area contributed by atoms with Gasteiger partial charge in [0.15, 0.2) is 11.5 Å². The number of carbonyl (C=O) groups excluding carboxylic acids is 1. The third-order valence-corrected chi connectivity index (χ3v) is 4.56. The van der Waals surface area contributed by atoms with E-state index in [9.17, 15) is 9.18 Å². The highest BCUT2D eigenvalue weighted by molar-refractivity contribution is 5.79. The first kappa shape index (κ1) is 16.4. The molecule has 1 aromatic carbocycles. The van der Waals surface area contributed by atoms with Crippen molar-refractivity contribution in [3.8, 4) is 0 Å². The van der Waals surface area contributed by atoms with Gasteiger partial charge < -0.3 is 9.80 Å². The predicted molar refractivity (Wildman–Crippen MR) is 94.4 cm³/mol. The number of amides is 1. The summed E-state index contributed by atoms with van der Waals surface area (Å²) in [4.78, 5) is 20.6. The maximum absolute atomic E-state index is 13.7. The van der Waals surface area contributed by atoms with Gasteiger partial charge in [-0.1, -0.05) is 18.2 Å². The van der Waals surface area contributed by atoms with E-state index in [2.05, 4.69) is 20.1 Å². The molecule has 1 aliphatic rings. The molecule has 0 radical (unpaired) electrons. The minimum Gasteiger partial charge on any atom is -0.352 e. The van der Waals surface area contributed by atoms with Crippen molar-refractivity contribution in [2.24, 2.45) is 0 Å². The lowest BCUT2D eigenvalue weighted by Crippen LogP contribution is -2.49. The minimum absolute atomic E-state index is 0.0509. The van der Waals surface area contributed by atoms with Crippen LogP contribution in [0, 0.1) is 12.7 Å². The fourth-order valence-corrected chi connectivity index (χ4v) is 3.15. The molecule has 2 aromatic heterocycles. The highest BCUT2D eigenvalue weighted by Gasteiger charge is 2.23. The second-order valence-electron chi connectivity index (χ2n) is 6.33. The highest BCUT2D eigenvalue weighted by Crippen LogP contribution is 2.15. The Balaban J connectivity index is 1.40. The molecule has 3 heterocycles. The van der Waals surface area contributed by atoms with Gasteiger partial charge in [0.25, 0.3) is 0 Å². The zero-order valence-electron chi connectivity index (χ0n) is 14.5. The lowest BCUT2D eigenvalue weighted by atomic mass is 10.1. The molecular formula is C18H19FN6O. The third-order valence-electron chi connectivity index (χ3n) is 4.56. The van der Waals surface area contributed by atoms with Crippen LogP contribution in [0.15, 0.2) is 36.4 Å². The summed E-state index contributed by atoms with van der Waals surface area (Å²) in [6, 6.07) is 10.2. The summed E-state index contributed by atoms with van der Waals surface area (Å²) >= 11 is 0. The van der Waals surface area contributed by atoms with Crippen molar-refractivity contribution in [2.45, 2.75) is 13.3 Å². The van der Waals surface area contributed by atoms with Crippen LogP contribution in [0.5, 0.6) is 0 Å². The molecule has 3 aromatic rings. The van der Waals surface area contributed by atoms with Gasteiger partial charge in [-0.15, -0.1) is 14.8 Å². The van der Waals surface area contributed by atoms with Crippen LogP contribution in [0.1, 0.15) is 11.4 Å². The Morgan fingerprint density at radius 2 is 1.85 bits per heavy atom. The summed E-state index contributed by atoms with van der Waals surface area (Å²) in [7, 11) is 0. The van der Waals surface area contributed by atoms with E-state index in [0.717, 1.165) is 5.82 Å². The van der Waals surface area contributed by atoms with Crippen LogP contribution in [-0.4, -0.2) is 56.8 Å². The van der Waals surface area contributed by atoms with Gasteiger partial charge >= 0.3 is 0 Å². The summed E-state index contributed by atoms with van der Waals surface area (Å²) in [6.07, 6.45) is 0.0924. The van der Waals surface area contributed by atoms with E-state index in [1.165, 1.54) is 10.7 Å². The number of rotatable bonds is 3. The quantitative estimate of drug-likeness (QED) is 0.712. The van der Waals surface area contributed by atoms with Crippen LogP contribution in [0.2, 0.25) is 0 Å². The molecule has 0 spiro atoms. The molecular weight excluding hydrogens is 335 g/mol. The molecule has 134 valence electrons. The molecule has 8 heteroatoms. The highest BCUT2D eigenvalue weighted by atomic mass is 19.1. The number of hydrogen-bond acceptors (Lipinski definition) is 5. The maximum Gasteiger partial charge on any atom is 0.227 e. The lowest BCUT2D eigenvalue weighted by Gasteiger charge is -2.35. The molecule has 1 fully saturated rings. The van der Waals surface area contributed by atoms with Crippen molar-refractivity contribution >= 4 is 17.4 Å². The van der Waals surface area contributed by atoms with Crippen LogP contribution >= 0.6 is 0 Å². The van der Waals surface area contributed by atoms with Crippen molar-refractivity contribution < 1.29 is 9.18 Å². The van der Waals surface area contributed by atoms with Crippen LogP contribution in [-0.2, 0) is 11.2 Å². The van der Waals surface area contributed by atoms with Crippen LogP contribution < -0.4 is 4.90 Å². The number of halogens is 1. The SMILES string of the molecule is Cc1nc2ccc(N3CCN(C(=O)Cc4ccccc4F)CC3)nn2n1. The second-order valence-corrected chi connectivity index (χ2v) is 6.33. The summed E-state index contributed by atoms with van der Waals surface area (Å²) in [6.45, 7) is 4.35. The summed E-state index contributed by atoms with van der Waals surface area (Å²) < 4.78 is 15.3. The summed E-state index contributed by atoms with van der Waals surface area (Å²) in [5.41, 5.74) is 1.15. The van der Waals surface area contributed by atoms with E-state index in [0.29, 0.717) is 43.2 Å². The normalized spacial score (nSPS) is 14.8. The Morgan fingerprint density at radius 1 is 1.08 bits per heavy atom. The summed E-state index contributed by atoms with van der Waals surface area (Å²) in [5, 5.41) is 8.72. The van der Waals surface area contributed by atoms with Crippen LogP contribution in [0.3, 0.4) is 0 Å². The zero-order valence-corrected chi connectivity index (χ0v) is 14.5. The Kier molecular flexibility index (Phi) is 4.24. The predicted octanol–water partition coefficient (Wildman–Crippen LogP) is 1.46. The number of aryl methyl sites for hydroxylation is 1. The number of nitrogens with zero attached hydrogens (tertiary/aromatic N) is 6. The Bertz CT molecular complexity index is 948. The van der Waals surface area contributed by atoms with E-state index < -0.39 is 0 Å². The fraction of sp³-hybridized carbons (Fsp3) is 0.333. The molecule has 0 atom stereocenters. The Hall–Kier alpha value is -3.03. The van der Waals surface area contributed by atoms with Crippen LogP contribution in [0.25, 0.3) is 5.65 Å². The molecule has 0 bridgehead atoms. The Labute approximate surface area is 150 Å². The molecule has 0 saturated carbocycles.